The molecule has 0 aromatic carbocycles. The fourth-order valence-electron chi connectivity index (χ4n) is 3.12. The lowest BCUT2D eigenvalue weighted by Crippen LogP contribution is -2.37. The second-order valence-corrected chi connectivity index (χ2v) is 5.54. The zero-order valence-electron chi connectivity index (χ0n) is 10.1. The molecule has 0 spiro atoms. The molecule has 2 N–H and O–H groups in total. The van der Waals surface area contributed by atoms with Crippen LogP contribution < -0.4 is 5.73 Å². The van der Waals surface area contributed by atoms with Gasteiger partial charge in [0.15, 0.2) is 0 Å². The molecular formula is C13H26N2. The highest BCUT2D eigenvalue weighted by Crippen LogP contribution is 2.44. The maximum Gasteiger partial charge on any atom is 0.00949 e. The quantitative estimate of drug-likeness (QED) is 0.754. The van der Waals surface area contributed by atoms with E-state index in [0.717, 1.165) is 30.8 Å². The lowest BCUT2D eigenvalue weighted by molar-refractivity contribution is 0.148. The molecule has 2 atom stereocenters. The average molecular weight is 210 g/mol. The molecule has 0 amide bonds. The van der Waals surface area contributed by atoms with Crippen molar-refractivity contribution in [1.82, 2.24) is 4.90 Å². The highest BCUT2D eigenvalue weighted by atomic mass is 15.1. The van der Waals surface area contributed by atoms with Gasteiger partial charge in [-0.05, 0) is 64.1 Å². The fourth-order valence-corrected chi connectivity index (χ4v) is 3.12. The third kappa shape index (κ3) is 3.18. The summed E-state index contributed by atoms with van der Waals surface area (Å²) in [5.74, 6) is 2.17. The summed E-state index contributed by atoms with van der Waals surface area (Å²) in [6.07, 6.45) is 10.0. The summed E-state index contributed by atoms with van der Waals surface area (Å²) in [5, 5.41) is 0. The standard InChI is InChI=1S/C13H26N2/c1-15(9-3-8-14)13-5-2-4-12(10-13)11-6-7-11/h11-13H,2-10,14H2,1H3. The van der Waals surface area contributed by atoms with Gasteiger partial charge in [0.1, 0.15) is 0 Å². The molecule has 2 heteroatoms. The van der Waals surface area contributed by atoms with E-state index >= 15 is 0 Å². The second kappa shape index (κ2) is 5.31. The molecule has 15 heavy (non-hydrogen) atoms. The number of hydrogen-bond donors (Lipinski definition) is 1. The Labute approximate surface area is 94.2 Å². The molecule has 0 saturated heterocycles. The first-order chi connectivity index (χ1) is 7.31. The fraction of sp³-hybridized carbons (Fsp3) is 1.00. The molecule has 0 aromatic heterocycles. The molecule has 0 bridgehead atoms. The molecule has 2 aliphatic rings. The van der Waals surface area contributed by atoms with Crippen LogP contribution in [0.2, 0.25) is 0 Å². The zero-order valence-corrected chi connectivity index (χ0v) is 10.1. The largest absolute Gasteiger partial charge is 0.330 e. The molecule has 2 aliphatic carbocycles. The minimum absolute atomic E-state index is 0.836. The summed E-state index contributed by atoms with van der Waals surface area (Å²) in [6, 6.07) is 0.857. The third-order valence-electron chi connectivity index (χ3n) is 4.31. The van der Waals surface area contributed by atoms with Gasteiger partial charge in [0.05, 0.1) is 0 Å². The summed E-state index contributed by atoms with van der Waals surface area (Å²) in [7, 11) is 2.29. The van der Waals surface area contributed by atoms with Gasteiger partial charge in [-0.2, -0.15) is 0 Å². The minimum Gasteiger partial charge on any atom is -0.330 e. The normalized spacial score (nSPS) is 32.2. The summed E-state index contributed by atoms with van der Waals surface area (Å²) < 4.78 is 0. The second-order valence-electron chi connectivity index (χ2n) is 5.54. The van der Waals surface area contributed by atoms with Gasteiger partial charge >= 0.3 is 0 Å². The van der Waals surface area contributed by atoms with E-state index in [-0.39, 0.29) is 0 Å². The molecule has 2 nitrogen and oxygen atoms in total. The Balaban J connectivity index is 1.75. The SMILES string of the molecule is CN(CCCN)C1CCCC(C2CC2)C1. The van der Waals surface area contributed by atoms with Crippen molar-refractivity contribution in [2.75, 3.05) is 20.1 Å². The first-order valence-corrected chi connectivity index (χ1v) is 6.71. The zero-order chi connectivity index (χ0) is 10.7. The Morgan fingerprint density at radius 2 is 1.93 bits per heavy atom. The van der Waals surface area contributed by atoms with E-state index in [1.807, 2.05) is 0 Å². The molecule has 0 heterocycles. The number of hydrogen-bond acceptors (Lipinski definition) is 2. The van der Waals surface area contributed by atoms with E-state index in [2.05, 4.69) is 11.9 Å². The van der Waals surface area contributed by atoms with Crippen LogP contribution in [0.25, 0.3) is 0 Å². The van der Waals surface area contributed by atoms with Crippen LogP contribution >= 0.6 is 0 Å². The van der Waals surface area contributed by atoms with Crippen molar-refractivity contribution in [2.45, 2.75) is 51.0 Å². The highest BCUT2D eigenvalue weighted by Gasteiger charge is 2.35. The van der Waals surface area contributed by atoms with Crippen molar-refractivity contribution in [3.8, 4) is 0 Å². The van der Waals surface area contributed by atoms with Crippen LogP contribution in [-0.4, -0.2) is 31.1 Å². The highest BCUT2D eigenvalue weighted by molar-refractivity contribution is 4.88. The smallest absolute Gasteiger partial charge is 0.00949 e. The number of nitrogens with two attached hydrogens (primary N) is 1. The van der Waals surface area contributed by atoms with Gasteiger partial charge in [-0.3, -0.25) is 0 Å². The Hall–Kier alpha value is -0.0800. The molecule has 0 aliphatic heterocycles. The number of rotatable bonds is 5. The lowest BCUT2D eigenvalue weighted by atomic mass is 9.82. The molecule has 2 saturated carbocycles. The van der Waals surface area contributed by atoms with Gasteiger partial charge in [0.25, 0.3) is 0 Å². The molecule has 2 unspecified atom stereocenters. The average Bonchev–Trinajstić information content (AvgIpc) is 3.10. The Morgan fingerprint density at radius 3 is 2.60 bits per heavy atom. The molecule has 0 radical (unpaired) electrons. The Kier molecular flexibility index (Phi) is 4.04. The monoisotopic (exact) mass is 210 g/mol. The first-order valence-electron chi connectivity index (χ1n) is 6.71. The minimum atomic E-state index is 0.836. The van der Waals surface area contributed by atoms with E-state index in [9.17, 15) is 0 Å². The van der Waals surface area contributed by atoms with Crippen LogP contribution in [0.15, 0.2) is 0 Å². The van der Waals surface area contributed by atoms with Gasteiger partial charge in [0, 0.05) is 6.04 Å². The summed E-state index contributed by atoms with van der Waals surface area (Å²) in [4.78, 5) is 2.56. The summed E-state index contributed by atoms with van der Waals surface area (Å²) in [5.41, 5.74) is 5.57. The van der Waals surface area contributed by atoms with Crippen molar-refractivity contribution in [1.29, 1.82) is 0 Å². The van der Waals surface area contributed by atoms with Crippen LogP contribution in [0.3, 0.4) is 0 Å². The maximum atomic E-state index is 5.57. The van der Waals surface area contributed by atoms with E-state index in [1.165, 1.54) is 45.1 Å². The van der Waals surface area contributed by atoms with Gasteiger partial charge in [-0.25, -0.2) is 0 Å². The van der Waals surface area contributed by atoms with Gasteiger partial charge in [-0.15, -0.1) is 0 Å². The Bertz CT molecular complexity index is 189. The van der Waals surface area contributed by atoms with Crippen molar-refractivity contribution in [3.63, 3.8) is 0 Å². The van der Waals surface area contributed by atoms with Crippen molar-refractivity contribution >= 4 is 0 Å². The van der Waals surface area contributed by atoms with Crippen molar-refractivity contribution in [3.05, 3.63) is 0 Å². The predicted molar refractivity (Wildman–Crippen MR) is 64.8 cm³/mol. The van der Waals surface area contributed by atoms with E-state index in [4.69, 9.17) is 5.73 Å². The number of nitrogens with zero attached hydrogens (tertiary/aromatic N) is 1. The molecular weight excluding hydrogens is 184 g/mol. The topological polar surface area (TPSA) is 29.3 Å². The predicted octanol–water partition coefficient (Wildman–Crippen LogP) is 2.24. The molecule has 2 rings (SSSR count). The van der Waals surface area contributed by atoms with Crippen LogP contribution in [0.1, 0.15) is 44.9 Å². The van der Waals surface area contributed by atoms with Gasteiger partial charge in [0.2, 0.25) is 0 Å². The summed E-state index contributed by atoms with van der Waals surface area (Å²) in [6.45, 7) is 2.03. The van der Waals surface area contributed by atoms with Crippen LogP contribution in [0.5, 0.6) is 0 Å². The van der Waals surface area contributed by atoms with E-state index < -0.39 is 0 Å². The summed E-state index contributed by atoms with van der Waals surface area (Å²) >= 11 is 0. The van der Waals surface area contributed by atoms with Gasteiger partial charge < -0.3 is 10.6 Å². The maximum absolute atomic E-state index is 5.57. The molecule has 0 aromatic rings. The van der Waals surface area contributed by atoms with Crippen LogP contribution in [0.4, 0.5) is 0 Å². The molecule has 2 fully saturated rings. The van der Waals surface area contributed by atoms with E-state index in [0.29, 0.717) is 0 Å². The van der Waals surface area contributed by atoms with Gasteiger partial charge in [-0.1, -0.05) is 12.8 Å². The lowest BCUT2D eigenvalue weighted by Gasteiger charge is -2.35. The van der Waals surface area contributed by atoms with E-state index in [1.54, 1.807) is 0 Å². The van der Waals surface area contributed by atoms with Crippen molar-refractivity contribution < 1.29 is 0 Å². The Morgan fingerprint density at radius 1 is 1.13 bits per heavy atom. The van der Waals surface area contributed by atoms with Crippen LogP contribution in [-0.2, 0) is 0 Å². The molecule has 88 valence electrons. The first kappa shape index (κ1) is 11.4. The third-order valence-corrected chi connectivity index (χ3v) is 4.31. The van der Waals surface area contributed by atoms with Crippen molar-refractivity contribution in [2.24, 2.45) is 17.6 Å². The van der Waals surface area contributed by atoms with Crippen LogP contribution in [0, 0.1) is 11.8 Å².